The zero-order valence-corrected chi connectivity index (χ0v) is 14.0. The van der Waals surface area contributed by atoms with Gasteiger partial charge < -0.3 is 0 Å². The third-order valence-electron chi connectivity index (χ3n) is 3.81. The molecule has 3 aromatic rings. The van der Waals surface area contributed by atoms with Crippen LogP contribution in [-0.4, -0.2) is 11.4 Å². The molecule has 24 heavy (non-hydrogen) atoms. The molecule has 0 spiro atoms. The summed E-state index contributed by atoms with van der Waals surface area (Å²) in [7, 11) is 0. The van der Waals surface area contributed by atoms with Crippen molar-refractivity contribution in [2.75, 3.05) is 0 Å². The SMILES string of the molecule is CC(=Nc1cccc(N=C(C)c2ccccc2)c1)c1ccccc1. The van der Waals surface area contributed by atoms with Crippen molar-refractivity contribution >= 4 is 22.8 Å². The molecule has 0 radical (unpaired) electrons. The number of benzene rings is 3. The second-order valence-corrected chi connectivity index (χ2v) is 5.65. The molecule has 2 nitrogen and oxygen atoms in total. The lowest BCUT2D eigenvalue weighted by atomic mass is 10.1. The van der Waals surface area contributed by atoms with E-state index in [9.17, 15) is 0 Å². The van der Waals surface area contributed by atoms with E-state index in [2.05, 4.69) is 24.3 Å². The van der Waals surface area contributed by atoms with Crippen LogP contribution in [0, 0.1) is 0 Å². The lowest BCUT2D eigenvalue weighted by molar-refractivity contribution is 1.43. The number of hydrogen-bond donors (Lipinski definition) is 0. The van der Waals surface area contributed by atoms with Gasteiger partial charge >= 0.3 is 0 Å². The summed E-state index contributed by atoms with van der Waals surface area (Å²) in [6, 6.07) is 28.4. The van der Waals surface area contributed by atoms with Gasteiger partial charge in [0.05, 0.1) is 11.4 Å². The first-order valence-electron chi connectivity index (χ1n) is 8.04. The van der Waals surface area contributed by atoms with Crippen LogP contribution in [0.15, 0.2) is 94.9 Å². The van der Waals surface area contributed by atoms with Gasteiger partial charge in [0.25, 0.3) is 0 Å². The summed E-state index contributed by atoms with van der Waals surface area (Å²) in [5, 5.41) is 0. The molecular formula is C22H20N2. The molecule has 0 aliphatic carbocycles. The van der Waals surface area contributed by atoms with Crippen LogP contribution in [0.1, 0.15) is 25.0 Å². The van der Waals surface area contributed by atoms with E-state index >= 15 is 0 Å². The van der Waals surface area contributed by atoms with Crippen molar-refractivity contribution in [1.29, 1.82) is 0 Å². The van der Waals surface area contributed by atoms with E-state index in [0.717, 1.165) is 33.9 Å². The van der Waals surface area contributed by atoms with Crippen molar-refractivity contribution < 1.29 is 0 Å². The second kappa shape index (κ2) is 7.51. The highest BCUT2D eigenvalue weighted by molar-refractivity contribution is 6.01. The minimum atomic E-state index is 0.915. The van der Waals surface area contributed by atoms with Crippen LogP contribution < -0.4 is 0 Å². The van der Waals surface area contributed by atoms with Crippen LogP contribution in [0.4, 0.5) is 11.4 Å². The van der Waals surface area contributed by atoms with Crippen molar-refractivity contribution in [1.82, 2.24) is 0 Å². The topological polar surface area (TPSA) is 24.7 Å². The Labute approximate surface area is 143 Å². The zero-order valence-electron chi connectivity index (χ0n) is 14.0. The van der Waals surface area contributed by atoms with Gasteiger partial charge in [-0.25, -0.2) is 0 Å². The molecular weight excluding hydrogens is 292 g/mol. The van der Waals surface area contributed by atoms with E-state index in [-0.39, 0.29) is 0 Å². The van der Waals surface area contributed by atoms with Crippen LogP contribution in [0.3, 0.4) is 0 Å². The molecule has 3 rings (SSSR count). The lowest BCUT2D eigenvalue weighted by Crippen LogP contribution is -1.93. The molecule has 0 atom stereocenters. The zero-order chi connectivity index (χ0) is 16.8. The molecule has 0 unspecified atom stereocenters. The molecule has 0 heterocycles. The molecule has 3 aromatic carbocycles. The van der Waals surface area contributed by atoms with Crippen LogP contribution in [0.25, 0.3) is 0 Å². The summed E-state index contributed by atoms with van der Waals surface area (Å²) in [6.07, 6.45) is 0. The molecule has 0 aliphatic heterocycles. The van der Waals surface area contributed by atoms with Crippen molar-refractivity contribution in [3.8, 4) is 0 Å². The van der Waals surface area contributed by atoms with Crippen LogP contribution in [0.2, 0.25) is 0 Å². The number of hydrogen-bond acceptors (Lipinski definition) is 2. The summed E-state index contributed by atoms with van der Waals surface area (Å²) in [5.41, 5.74) is 6.09. The summed E-state index contributed by atoms with van der Waals surface area (Å²) in [6.45, 7) is 4.06. The van der Waals surface area contributed by atoms with Gasteiger partial charge in [0.15, 0.2) is 0 Å². The molecule has 118 valence electrons. The van der Waals surface area contributed by atoms with Crippen LogP contribution in [-0.2, 0) is 0 Å². The van der Waals surface area contributed by atoms with Crippen LogP contribution >= 0.6 is 0 Å². The second-order valence-electron chi connectivity index (χ2n) is 5.65. The van der Waals surface area contributed by atoms with Crippen molar-refractivity contribution in [2.24, 2.45) is 9.98 Å². The van der Waals surface area contributed by atoms with Gasteiger partial charge in [0.2, 0.25) is 0 Å². The lowest BCUT2D eigenvalue weighted by Gasteiger charge is -2.03. The smallest absolute Gasteiger partial charge is 0.0654 e. The highest BCUT2D eigenvalue weighted by Crippen LogP contribution is 2.22. The van der Waals surface area contributed by atoms with E-state index in [4.69, 9.17) is 9.98 Å². The van der Waals surface area contributed by atoms with Gasteiger partial charge in [-0.05, 0) is 43.2 Å². The first kappa shape index (κ1) is 15.9. The molecule has 0 N–H and O–H groups in total. The largest absolute Gasteiger partial charge is 0.253 e. The van der Waals surface area contributed by atoms with E-state index in [1.54, 1.807) is 0 Å². The van der Waals surface area contributed by atoms with Gasteiger partial charge in [-0.3, -0.25) is 9.98 Å². The Balaban J connectivity index is 1.87. The van der Waals surface area contributed by atoms with Crippen molar-refractivity contribution in [3.05, 3.63) is 96.1 Å². The minimum absolute atomic E-state index is 0.915. The third kappa shape index (κ3) is 4.05. The maximum absolute atomic E-state index is 4.72. The van der Waals surface area contributed by atoms with Gasteiger partial charge in [-0.1, -0.05) is 66.7 Å². The fraction of sp³-hybridized carbons (Fsp3) is 0.0909. The fourth-order valence-corrected chi connectivity index (χ4v) is 2.51. The molecule has 0 aliphatic rings. The van der Waals surface area contributed by atoms with E-state index in [1.165, 1.54) is 0 Å². The van der Waals surface area contributed by atoms with Crippen LogP contribution in [0.5, 0.6) is 0 Å². The summed E-state index contributed by atoms with van der Waals surface area (Å²) < 4.78 is 0. The predicted octanol–water partition coefficient (Wildman–Crippen LogP) is 5.97. The summed E-state index contributed by atoms with van der Waals surface area (Å²) in [5.74, 6) is 0. The molecule has 0 saturated heterocycles. The third-order valence-corrected chi connectivity index (χ3v) is 3.81. The van der Waals surface area contributed by atoms with Gasteiger partial charge in [0.1, 0.15) is 0 Å². The average molecular weight is 312 g/mol. The Morgan fingerprint density at radius 1 is 0.542 bits per heavy atom. The van der Waals surface area contributed by atoms with E-state index in [0.29, 0.717) is 0 Å². The molecule has 0 aromatic heterocycles. The van der Waals surface area contributed by atoms with E-state index in [1.807, 2.05) is 74.5 Å². The van der Waals surface area contributed by atoms with Gasteiger partial charge in [0, 0.05) is 11.4 Å². The summed E-state index contributed by atoms with van der Waals surface area (Å²) >= 11 is 0. The monoisotopic (exact) mass is 312 g/mol. The highest BCUT2D eigenvalue weighted by atomic mass is 14.8. The Morgan fingerprint density at radius 2 is 0.958 bits per heavy atom. The highest BCUT2D eigenvalue weighted by Gasteiger charge is 2.00. The first-order valence-corrected chi connectivity index (χ1v) is 8.04. The van der Waals surface area contributed by atoms with Gasteiger partial charge in [-0.2, -0.15) is 0 Å². The molecule has 0 saturated carbocycles. The number of aliphatic imine (C=N–C) groups is 2. The molecule has 0 bridgehead atoms. The van der Waals surface area contributed by atoms with Gasteiger partial charge in [-0.15, -0.1) is 0 Å². The Bertz CT molecular complexity index is 792. The predicted molar refractivity (Wildman–Crippen MR) is 103 cm³/mol. The number of rotatable bonds is 4. The Hall–Kier alpha value is -3.00. The quantitative estimate of drug-likeness (QED) is 0.530. The average Bonchev–Trinajstić information content (AvgIpc) is 2.63. The normalized spacial score (nSPS) is 12.2. The maximum Gasteiger partial charge on any atom is 0.0654 e. The fourth-order valence-electron chi connectivity index (χ4n) is 2.51. The molecule has 0 fully saturated rings. The Morgan fingerprint density at radius 3 is 1.38 bits per heavy atom. The van der Waals surface area contributed by atoms with E-state index < -0.39 is 0 Å². The standard InChI is InChI=1S/C22H20N2/c1-17(19-10-5-3-6-11-19)23-21-14-9-15-22(16-21)24-18(2)20-12-7-4-8-13-20/h3-16H,1-2H3. The molecule has 0 amide bonds. The summed E-state index contributed by atoms with van der Waals surface area (Å²) in [4.78, 5) is 9.43. The van der Waals surface area contributed by atoms with Crippen molar-refractivity contribution in [3.63, 3.8) is 0 Å². The van der Waals surface area contributed by atoms with Crippen molar-refractivity contribution in [2.45, 2.75) is 13.8 Å². The molecule has 2 heteroatoms. The Kier molecular flexibility index (Phi) is 4.97. The minimum Gasteiger partial charge on any atom is -0.253 e. The first-order chi connectivity index (χ1) is 11.7. The maximum atomic E-state index is 4.72. The number of nitrogens with zero attached hydrogens (tertiary/aromatic N) is 2.